The van der Waals surface area contributed by atoms with Crippen LogP contribution in [0, 0.1) is 11.3 Å². The van der Waals surface area contributed by atoms with Gasteiger partial charge >= 0.3 is 0 Å². The lowest BCUT2D eigenvalue weighted by Gasteiger charge is -2.11. The molecule has 4 N–H and O–H groups in total. The average molecular weight is 267 g/mol. The molecule has 0 aromatic heterocycles. The molecule has 6 heteroatoms. The van der Waals surface area contributed by atoms with E-state index in [2.05, 4.69) is 10.9 Å². The van der Waals surface area contributed by atoms with Crippen LogP contribution in [-0.2, 0) is 0 Å². The second kappa shape index (κ2) is 6.09. The number of nitriles is 1. The Labute approximate surface area is 110 Å². The fourth-order valence-electron chi connectivity index (χ4n) is 1.09. The Morgan fingerprint density at radius 2 is 2.00 bits per heavy atom. The van der Waals surface area contributed by atoms with E-state index in [4.69, 9.17) is 34.8 Å². The zero-order valence-electron chi connectivity index (χ0n) is 9.12. The zero-order chi connectivity index (χ0) is 12.8. The molecule has 1 aromatic rings. The van der Waals surface area contributed by atoms with Crippen molar-refractivity contribution in [2.45, 2.75) is 6.92 Å². The smallest absolute Gasteiger partial charge is 0.116 e. The molecular weight excluding hydrogens is 256 g/mol. The van der Waals surface area contributed by atoms with Crippen LogP contribution in [0.25, 0.3) is 0 Å². The van der Waals surface area contributed by atoms with E-state index in [-0.39, 0.29) is 10.6 Å². The molecular formula is C11H11ClN4S. The van der Waals surface area contributed by atoms with Crippen molar-refractivity contribution in [1.29, 1.82) is 5.26 Å². The van der Waals surface area contributed by atoms with Crippen molar-refractivity contribution in [3.8, 4) is 6.07 Å². The van der Waals surface area contributed by atoms with Crippen molar-refractivity contribution < 1.29 is 0 Å². The average Bonchev–Trinajstić information content (AvgIpc) is 2.28. The summed E-state index contributed by atoms with van der Waals surface area (Å²) in [6.45, 7) is 1.71. The van der Waals surface area contributed by atoms with Crippen molar-refractivity contribution in [2.24, 2.45) is 5.73 Å². The van der Waals surface area contributed by atoms with Gasteiger partial charge in [0.05, 0.1) is 5.69 Å². The highest BCUT2D eigenvalue weighted by Gasteiger charge is 2.04. The predicted octanol–water partition coefficient (Wildman–Crippen LogP) is 2.34. The van der Waals surface area contributed by atoms with E-state index in [1.165, 1.54) is 0 Å². The molecule has 0 radical (unpaired) electrons. The van der Waals surface area contributed by atoms with E-state index in [1.54, 1.807) is 31.2 Å². The molecule has 0 spiro atoms. The summed E-state index contributed by atoms with van der Waals surface area (Å²) in [6.07, 6.45) is 0. The zero-order valence-corrected chi connectivity index (χ0v) is 10.7. The van der Waals surface area contributed by atoms with Crippen LogP contribution in [0.3, 0.4) is 0 Å². The first kappa shape index (κ1) is 13.3. The molecule has 17 heavy (non-hydrogen) atoms. The van der Waals surface area contributed by atoms with Crippen molar-refractivity contribution in [3.63, 3.8) is 0 Å². The fourth-order valence-corrected chi connectivity index (χ4v) is 1.41. The Hall–Kier alpha value is -1.77. The summed E-state index contributed by atoms with van der Waals surface area (Å²) in [5, 5.41) is 9.50. The molecule has 0 aliphatic rings. The van der Waals surface area contributed by atoms with Crippen LogP contribution in [0.4, 0.5) is 5.69 Å². The minimum absolute atomic E-state index is 0.0652. The number of allylic oxidation sites excluding steroid dienone is 1. The number of nitrogens with two attached hydrogens (primary N) is 1. The molecule has 0 heterocycles. The number of hydrazine groups is 1. The summed E-state index contributed by atoms with van der Waals surface area (Å²) in [5.74, 6) is 0. The third kappa shape index (κ3) is 3.94. The van der Waals surface area contributed by atoms with Gasteiger partial charge in [0.1, 0.15) is 16.6 Å². The normalized spacial score (nSPS) is 11.1. The lowest BCUT2D eigenvalue weighted by atomic mass is 10.2. The maximum Gasteiger partial charge on any atom is 0.116 e. The van der Waals surface area contributed by atoms with E-state index in [1.807, 2.05) is 6.07 Å². The quantitative estimate of drug-likeness (QED) is 0.338. The van der Waals surface area contributed by atoms with Crippen molar-refractivity contribution >= 4 is 34.5 Å². The Bertz CT molecular complexity index is 487. The Balaban J connectivity index is 2.71. The van der Waals surface area contributed by atoms with Crippen molar-refractivity contribution in [3.05, 3.63) is 40.6 Å². The maximum absolute atomic E-state index is 8.84. The molecule has 0 unspecified atom stereocenters. The third-order valence-electron chi connectivity index (χ3n) is 1.97. The molecule has 0 aliphatic heterocycles. The minimum atomic E-state index is 0.0652. The summed E-state index contributed by atoms with van der Waals surface area (Å²) in [5.41, 5.74) is 12.8. The lowest BCUT2D eigenvalue weighted by Crippen LogP contribution is -2.24. The van der Waals surface area contributed by atoms with Crippen LogP contribution < -0.4 is 16.6 Å². The molecule has 1 rings (SSSR count). The molecule has 0 saturated heterocycles. The number of nitrogens with zero attached hydrogens (tertiary/aromatic N) is 1. The van der Waals surface area contributed by atoms with Gasteiger partial charge in [-0.15, -0.1) is 0 Å². The van der Waals surface area contributed by atoms with Gasteiger partial charge < -0.3 is 16.6 Å². The van der Waals surface area contributed by atoms with Gasteiger partial charge in [0, 0.05) is 10.7 Å². The first-order valence-corrected chi connectivity index (χ1v) is 5.51. The number of hydrogen-bond donors (Lipinski definition) is 3. The van der Waals surface area contributed by atoms with Gasteiger partial charge in [-0.25, -0.2) is 0 Å². The highest BCUT2D eigenvalue weighted by Crippen LogP contribution is 2.12. The highest BCUT2D eigenvalue weighted by molar-refractivity contribution is 7.80. The van der Waals surface area contributed by atoms with E-state index >= 15 is 0 Å². The van der Waals surface area contributed by atoms with Crippen LogP contribution in [0.15, 0.2) is 35.5 Å². The first-order valence-electron chi connectivity index (χ1n) is 4.73. The molecule has 0 atom stereocenters. The number of benzene rings is 1. The van der Waals surface area contributed by atoms with Gasteiger partial charge in [-0.3, -0.25) is 0 Å². The lowest BCUT2D eigenvalue weighted by molar-refractivity contribution is 0.955. The third-order valence-corrected chi connectivity index (χ3v) is 2.43. The number of nitrogens with one attached hydrogen (secondary N) is 2. The van der Waals surface area contributed by atoms with Gasteiger partial charge in [-0.05, 0) is 31.2 Å². The van der Waals surface area contributed by atoms with E-state index < -0.39 is 0 Å². The SMILES string of the molecule is C/C(NNc1ccc(Cl)cc1)=C(\C#N)C(N)=S. The second-order valence-electron chi connectivity index (χ2n) is 3.23. The molecule has 88 valence electrons. The van der Waals surface area contributed by atoms with Crippen LogP contribution in [0.1, 0.15) is 6.92 Å². The van der Waals surface area contributed by atoms with E-state index in [0.29, 0.717) is 10.7 Å². The Morgan fingerprint density at radius 3 is 2.47 bits per heavy atom. The van der Waals surface area contributed by atoms with Crippen molar-refractivity contribution in [2.75, 3.05) is 5.43 Å². The number of halogens is 1. The molecule has 0 aliphatic carbocycles. The summed E-state index contributed by atoms with van der Waals surface area (Å²) in [6, 6.07) is 9.05. The molecule has 0 fully saturated rings. The maximum atomic E-state index is 8.84. The number of rotatable bonds is 4. The van der Waals surface area contributed by atoms with Gasteiger partial charge in [0.2, 0.25) is 0 Å². The summed E-state index contributed by atoms with van der Waals surface area (Å²) < 4.78 is 0. The fraction of sp³-hybridized carbons (Fsp3) is 0.0909. The summed E-state index contributed by atoms with van der Waals surface area (Å²) in [4.78, 5) is 0.0652. The topological polar surface area (TPSA) is 73.9 Å². The standard InChI is InChI=1S/C11H11ClN4S/c1-7(10(6-13)11(14)17)15-16-9-4-2-8(12)3-5-9/h2-5,15-16H,1H3,(H2,14,17)/b10-7-. The van der Waals surface area contributed by atoms with Gasteiger partial charge in [0.25, 0.3) is 0 Å². The second-order valence-corrected chi connectivity index (χ2v) is 4.11. The van der Waals surface area contributed by atoms with E-state index in [0.717, 1.165) is 5.69 Å². The first-order chi connectivity index (χ1) is 8.04. The highest BCUT2D eigenvalue weighted by atomic mass is 35.5. The van der Waals surface area contributed by atoms with Crippen LogP contribution in [0.2, 0.25) is 5.02 Å². The molecule has 0 bridgehead atoms. The predicted molar refractivity (Wildman–Crippen MR) is 73.3 cm³/mol. The number of hydrogen-bond acceptors (Lipinski definition) is 4. The summed E-state index contributed by atoms with van der Waals surface area (Å²) >= 11 is 10.5. The number of anilines is 1. The molecule has 4 nitrogen and oxygen atoms in total. The van der Waals surface area contributed by atoms with Gasteiger partial charge in [0.15, 0.2) is 0 Å². The largest absolute Gasteiger partial charge is 0.389 e. The minimum Gasteiger partial charge on any atom is -0.389 e. The molecule has 0 amide bonds. The van der Waals surface area contributed by atoms with Crippen molar-refractivity contribution in [1.82, 2.24) is 5.43 Å². The summed E-state index contributed by atoms with van der Waals surface area (Å²) in [7, 11) is 0. The molecule has 1 aromatic carbocycles. The van der Waals surface area contributed by atoms with Crippen LogP contribution in [0.5, 0.6) is 0 Å². The van der Waals surface area contributed by atoms with Crippen LogP contribution in [-0.4, -0.2) is 4.99 Å². The Kier molecular flexibility index (Phi) is 4.76. The monoisotopic (exact) mass is 266 g/mol. The van der Waals surface area contributed by atoms with Gasteiger partial charge in [-0.2, -0.15) is 5.26 Å². The van der Waals surface area contributed by atoms with Crippen LogP contribution >= 0.6 is 23.8 Å². The van der Waals surface area contributed by atoms with Gasteiger partial charge in [-0.1, -0.05) is 23.8 Å². The molecule has 0 saturated carbocycles. The Morgan fingerprint density at radius 1 is 1.41 bits per heavy atom. The number of thiocarbonyl (C=S) groups is 1. The van der Waals surface area contributed by atoms with E-state index in [9.17, 15) is 0 Å².